The summed E-state index contributed by atoms with van der Waals surface area (Å²) in [6.45, 7) is 2.57. The van der Waals surface area contributed by atoms with Gasteiger partial charge in [-0.3, -0.25) is 0 Å². The molecule has 0 aliphatic heterocycles. The Bertz CT molecular complexity index is 500. The molecule has 1 atom stereocenters. The molecule has 1 unspecified atom stereocenters. The van der Waals surface area contributed by atoms with Crippen LogP contribution in [0.25, 0.3) is 0 Å². The van der Waals surface area contributed by atoms with Crippen molar-refractivity contribution in [2.45, 2.75) is 30.8 Å². The second-order valence-electron chi connectivity index (χ2n) is 4.06. The summed E-state index contributed by atoms with van der Waals surface area (Å²) in [6, 6.07) is 8.98. The normalized spacial score (nSPS) is 13.0. The van der Waals surface area contributed by atoms with Crippen molar-refractivity contribution >= 4 is 9.84 Å². The number of nitriles is 1. The van der Waals surface area contributed by atoms with E-state index in [4.69, 9.17) is 5.26 Å². The fourth-order valence-electron chi connectivity index (χ4n) is 1.36. The van der Waals surface area contributed by atoms with Crippen molar-refractivity contribution in [3.8, 4) is 6.07 Å². The molecule has 0 heterocycles. The Labute approximate surface area is 102 Å². The average molecular weight is 252 g/mol. The summed E-state index contributed by atoms with van der Waals surface area (Å²) >= 11 is 0. The van der Waals surface area contributed by atoms with Crippen LogP contribution in [-0.4, -0.2) is 20.7 Å². The van der Waals surface area contributed by atoms with Crippen molar-refractivity contribution in [2.24, 2.45) is 0 Å². The number of nitrogens with zero attached hydrogens (tertiary/aromatic N) is 1. The number of benzene rings is 1. The van der Waals surface area contributed by atoms with E-state index in [1.807, 2.05) is 6.92 Å². The second kappa shape index (κ2) is 5.80. The van der Waals surface area contributed by atoms with Crippen LogP contribution in [0.2, 0.25) is 0 Å². The highest BCUT2D eigenvalue weighted by Gasteiger charge is 2.06. The van der Waals surface area contributed by atoms with Gasteiger partial charge < -0.3 is 5.32 Å². The lowest BCUT2D eigenvalue weighted by molar-refractivity contribution is 0.557. The van der Waals surface area contributed by atoms with E-state index in [0.717, 1.165) is 5.56 Å². The SMILES string of the molecule is CC(CC#N)NCc1ccc(S(C)(=O)=O)cc1. The maximum atomic E-state index is 11.2. The van der Waals surface area contributed by atoms with Crippen molar-refractivity contribution < 1.29 is 8.42 Å². The number of hydrogen-bond acceptors (Lipinski definition) is 4. The zero-order valence-corrected chi connectivity index (χ0v) is 10.8. The molecule has 0 radical (unpaired) electrons. The van der Waals surface area contributed by atoms with Gasteiger partial charge in [0, 0.05) is 18.8 Å². The van der Waals surface area contributed by atoms with Crippen LogP contribution in [0.4, 0.5) is 0 Å². The lowest BCUT2D eigenvalue weighted by Crippen LogP contribution is -2.24. The molecule has 0 amide bonds. The third-order valence-electron chi connectivity index (χ3n) is 2.40. The molecule has 92 valence electrons. The van der Waals surface area contributed by atoms with Crippen LogP contribution in [-0.2, 0) is 16.4 Å². The monoisotopic (exact) mass is 252 g/mol. The molecule has 1 N–H and O–H groups in total. The summed E-state index contributed by atoms with van der Waals surface area (Å²) in [5.74, 6) is 0. The van der Waals surface area contributed by atoms with Gasteiger partial charge in [-0.25, -0.2) is 8.42 Å². The van der Waals surface area contributed by atoms with Crippen LogP contribution in [0, 0.1) is 11.3 Å². The average Bonchev–Trinajstić information content (AvgIpc) is 2.26. The molecule has 0 aliphatic rings. The van der Waals surface area contributed by atoms with E-state index in [-0.39, 0.29) is 6.04 Å². The molecule has 0 fully saturated rings. The van der Waals surface area contributed by atoms with Crippen molar-refractivity contribution in [3.05, 3.63) is 29.8 Å². The van der Waals surface area contributed by atoms with Gasteiger partial charge in [0.2, 0.25) is 0 Å². The number of nitrogens with one attached hydrogen (secondary N) is 1. The van der Waals surface area contributed by atoms with Gasteiger partial charge in [-0.2, -0.15) is 5.26 Å². The fourth-order valence-corrected chi connectivity index (χ4v) is 1.99. The fraction of sp³-hybridized carbons (Fsp3) is 0.417. The quantitative estimate of drug-likeness (QED) is 0.861. The van der Waals surface area contributed by atoms with Gasteiger partial charge >= 0.3 is 0 Å². The van der Waals surface area contributed by atoms with Crippen molar-refractivity contribution in [1.82, 2.24) is 5.32 Å². The molecule has 0 bridgehead atoms. The Morgan fingerprint density at radius 2 is 1.94 bits per heavy atom. The summed E-state index contributed by atoms with van der Waals surface area (Å²) in [7, 11) is -3.12. The van der Waals surface area contributed by atoms with Crippen LogP contribution in [0.15, 0.2) is 29.2 Å². The smallest absolute Gasteiger partial charge is 0.175 e. The molecule has 0 saturated heterocycles. The Kier molecular flexibility index (Phi) is 4.67. The Hall–Kier alpha value is -1.38. The molecular weight excluding hydrogens is 236 g/mol. The minimum Gasteiger partial charge on any atom is -0.309 e. The molecule has 1 aromatic rings. The molecule has 1 aromatic carbocycles. The maximum absolute atomic E-state index is 11.2. The third-order valence-corrected chi connectivity index (χ3v) is 3.53. The van der Waals surface area contributed by atoms with E-state index >= 15 is 0 Å². The minimum absolute atomic E-state index is 0.134. The summed E-state index contributed by atoms with van der Waals surface area (Å²) < 4.78 is 22.5. The topological polar surface area (TPSA) is 70.0 Å². The minimum atomic E-state index is -3.12. The van der Waals surface area contributed by atoms with E-state index in [9.17, 15) is 8.42 Å². The molecule has 1 rings (SSSR count). The molecular formula is C12H16N2O2S. The highest BCUT2D eigenvalue weighted by molar-refractivity contribution is 7.90. The summed E-state index contributed by atoms with van der Waals surface area (Å²) in [5, 5.41) is 11.7. The van der Waals surface area contributed by atoms with Crippen LogP contribution >= 0.6 is 0 Å². The van der Waals surface area contributed by atoms with Crippen LogP contribution in [0.3, 0.4) is 0 Å². The van der Waals surface area contributed by atoms with Crippen LogP contribution < -0.4 is 5.32 Å². The van der Waals surface area contributed by atoms with Gasteiger partial charge in [0.15, 0.2) is 9.84 Å². The highest BCUT2D eigenvalue weighted by Crippen LogP contribution is 2.10. The largest absolute Gasteiger partial charge is 0.309 e. The van der Waals surface area contributed by atoms with Crippen LogP contribution in [0.1, 0.15) is 18.9 Å². The molecule has 5 heteroatoms. The zero-order valence-electron chi connectivity index (χ0n) is 9.97. The predicted octanol–water partition coefficient (Wildman–Crippen LogP) is 1.48. The third kappa shape index (κ3) is 4.55. The van der Waals surface area contributed by atoms with E-state index in [1.165, 1.54) is 6.26 Å². The van der Waals surface area contributed by atoms with Gasteiger partial charge in [0.05, 0.1) is 17.4 Å². The van der Waals surface area contributed by atoms with Gasteiger partial charge in [-0.05, 0) is 24.6 Å². The summed E-state index contributed by atoms with van der Waals surface area (Å²) in [5.41, 5.74) is 1.00. The molecule has 0 spiro atoms. The standard InChI is InChI=1S/C12H16N2O2S/c1-10(7-8-13)14-9-11-3-5-12(6-4-11)17(2,15)16/h3-6,10,14H,7,9H2,1-2H3. The van der Waals surface area contributed by atoms with Crippen LogP contribution in [0.5, 0.6) is 0 Å². The highest BCUT2D eigenvalue weighted by atomic mass is 32.2. The summed E-state index contributed by atoms with van der Waals surface area (Å²) in [4.78, 5) is 0.325. The van der Waals surface area contributed by atoms with Crippen molar-refractivity contribution in [2.75, 3.05) is 6.26 Å². The molecule has 0 aromatic heterocycles. The number of sulfone groups is 1. The maximum Gasteiger partial charge on any atom is 0.175 e. The first-order valence-corrected chi connectivity index (χ1v) is 7.22. The number of hydrogen-bond donors (Lipinski definition) is 1. The van der Waals surface area contributed by atoms with Gasteiger partial charge in [0.25, 0.3) is 0 Å². The Morgan fingerprint density at radius 3 is 2.41 bits per heavy atom. The second-order valence-corrected chi connectivity index (χ2v) is 6.08. The molecule has 0 saturated carbocycles. The zero-order chi connectivity index (χ0) is 12.9. The molecule has 0 aliphatic carbocycles. The first-order valence-electron chi connectivity index (χ1n) is 5.33. The van der Waals surface area contributed by atoms with E-state index < -0.39 is 9.84 Å². The van der Waals surface area contributed by atoms with Gasteiger partial charge in [-0.15, -0.1) is 0 Å². The lowest BCUT2D eigenvalue weighted by Gasteiger charge is -2.10. The first-order chi connectivity index (χ1) is 7.93. The molecule has 4 nitrogen and oxygen atoms in total. The Morgan fingerprint density at radius 1 is 1.35 bits per heavy atom. The van der Waals surface area contributed by atoms with Gasteiger partial charge in [0.1, 0.15) is 0 Å². The first kappa shape index (κ1) is 13.7. The molecule has 17 heavy (non-hydrogen) atoms. The lowest BCUT2D eigenvalue weighted by atomic mass is 10.2. The van der Waals surface area contributed by atoms with E-state index in [0.29, 0.717) is 17.9 Å². The Balaban J connectivity index is 2.61. The number of rotatable bonds is 5. The van der Waals surface area contributed by atoms with E-state index in [1.54, 1.807) is 24.3 Å². The van der Waals surface area contributed by atoms with Crippen molar-refractivity contribution in [1.29, 1.82) is 5.26 Å². The summed E-state index contributed by atoms with van der Waals surface area (Å²) in [6.07, 6.45) is 1.65. The van der Waals surface area contributed by atoms with Crippen molar-refractivity contribution in [3.63, 3.8) is 0 Å². The predicted molar refractivity (Wildman–Crippen MR) is 66.1 cm³/mol. The van der Waals surface area contributed by atoms with Gasteiger partial charge in [-0.1, -0.05) is 12.1 Å². The van der Waals surface area contributed by atoms with E-state index in [2.05, 4.69) is 11.4 Å².